The average molecular weight is 353 g/mol. The third kappa shape index (κ3) is 4.78. The Hall–Kier alpha value is -1.91. The lowest BCUT2D eigenvalue weighted by atomic mass is 9.94. The molecule has 0 heterocycles. The summed E-state index contributed by atoms with van der Waals surface area (Å²) < 4.78 is 5.14. The lowest BCUT2D eigenvalue weighted by molar-refractivity contribution is 0.242. The summed E-state index contributed by atoms with van der Waals surface area (Å²) in [5.41, 5.74) is 0.932. The number of carbonyl (C=O) groups is 1. The largest absolute Gasteiger partial charge is 0.497 e. The molecule has 4 nitrogen and oxygen atoms in total. The van der Waals surface area contributed by atoms with Gasteiger partial charge in [0.05, 0.1) is 12.6 Å². The van der Waals surface area contributed by atoms with Gasteiger partial charge in [0, 0.05) is 15.7 Å². The molecule has 0 radical (unpaired) electrons. The molecule has 2 rings (SSSR count). The molecule has 122 valence electrons. The molecule has 0 fully saturated rings. The van der Waals surface area contributed by atoms with E-state index in [0.717, 1.165) is 11.3 Å². The van der Waals surface area contributed by atoms with Crippen molar-refractivity contribution >= 4 is 34.9 Å². The van der Waals surface area contributed by atoms with Crippen LogP contribution in [0.25, 0.3) is 0 Å². The Morgan fingerprint density at radius 2 is 1.61 bits per heavy atom. The van der Waals surface area contributed by atoms with Crippen molar-refractivity contribution in [3.63, 3.8) is 0 Å². The number of halogens is 2. The number of amides is 2. The van der Waals surface area contributed by atoms with Crippen LogP contribution in [0.2, 0.25) is 10.0 Å². The third-order valence-electron chi connectivity index (χ3n) is 3.36. The monoisotopic (exact) mass is 352 g/mol. The highest BCUT2D eigenvalue weighted by atomic mass is 35.5. The molecule has 0 spiro atoms. The lowest BCUT2D eigenvalue weighted by Crippen LogP contribution is -2.43. The second kappa shape index (κ2) is 7.11. The molecule has 6 heteroatoms. The van der Waals surface area contributed by atoms with E-state index in [-0.39, 0.29) is 6.03 Å². The van der Waals surface area contributed by atoms with E-state index in [4.69, 9.17) is 27.9 Å². The van der Waals surface area contributed by atoms with Crippen molar-refractivity contribution in [3.05, 3.63) is 58.1 Å². The predicted octanol–water partition coefficient (Wildman–Crippen LogP) is 5.06. The molecule has 0 aromatic heterocycles. The molecular weight excluding hydrogens is 335 g/mol. The van der Waals surface area contributed by atoms with Crippen LogP contribution >= 0.6 is 23.2 Å². The van der Waals surface area contributed by atoms with Crippen LogP contribution in [0.1, 0.15) is 19.4 Å². The van der Waals surface area contributed by atoms with Gasteiger partial charge in [-0.05, 0) is 49.7 Å². The van der Waals surface area contributed by atoms with Gasteiger partial charge in [0.1, 0.15) is 5.75 Å². The summed E-state index contributed by atoms with van der Waals surface area (Å²) in [5, 5.41) is 6.57. The van der Waals surface area contributed by atoms with Crippen LogP contribution in [0.4, 0.5) is 10.5 Å². The third-order valence-corrected chi connectivity index (χ3v) is 3.79. The fourth-order valence-corrected chi connectivity index (χ4v) is 2.68. The summed E-state index contributed by atoms with van der Waals surface area (Å²) in [5.74, 6) is 0.766. The highest BCUT2D eigenvalue weighted by Gasteiger charge is 2.23. The number of urea groups is 1. The summed E-state index contributed by atoms with van der Waals surface area (Å²) in [6.45, 7) is 3.83. The molecule has 0 aliphatic carbocycles. The number of hydrogen-bond donors (Lipinski definition) is 2. The molecule has 0 saturated carbocycles. The maximum atomic E-state index is 12.2. The van der Waals surface area contributed by atoms with Gasteiger partial charge >= 0.3 is 6.03 Å². The van der Waals surface area contributed by atoms with Gasteiger partial charge in [-0.2, -0.15) is 0 Å². The van der Waals surface area contributed by atoms with E-state index in [0.29, 0.717) is 15.7 Å². The van der Waals surface area contributed by atoms with Crippen LogP contribution in [0.15, 0.2) is 42.5 Å². The maximum absolute atomic E-state index is 12.2. The Morgan fingerprint density at radius 1 is 1.04 bits per heavy atom. The number of carbonyl (C=O) groups excluding carboxylic acids is 1. The van der Waals surface area contributed by atoms with Crippen molar-refractivity contribution in [2.75, 3.05) is 12.4 Å². The zero-order chi connectivity index (χ0) is 17.0. The Balaban J connectivity index is 2.07. The molecule has 0 atom stereocenters. The van der Waals surface area contributed by atoms with Crippen molar-refractivity contribution < 1.29 is 9.53 Å². The number of benzene rings is 2. The molecule has 0 saturated heterocycles. The van der Waals surface area contributed by atoms with Crippen LogP contribution in [0, 0.1) is 0 Å². The molecule has 0 aliphatic heterocycles. The Bertz CT molecular complexity index is 680. The zero-order valence-electron chi connectivity index (χ0n) is 13.1. The minimum Gasteiger partial charge on any atom is -0.497 e. The molecule has 23 heavy (non-hydrogen) atoms. The fraction of sp³-hybridized carbons (Fsp3) is 0.235. The molecule has 2 aromatic carbocycles. The first-order valence-electron chi connectivity index (χ1n) is 7.00. The summed E-state index contributed by atoms with van der Waals surface area (Å²) in [4.78, 5) is 12.2. The number of anilines is 1. The first kappa shape index (κ1) is 17.4. The summed E-state index contributed by atoms with van der Waals surface area (Å²) in [7, 11) is 1.61. The summed E-state index contributed by atoms with van der Waals surface area (Å²) in [6.07, 6.45) is 0. The van der Waals surface area contributed by atoms with Crippen molar-refractivity contribution in [3.8, 4) is 5.75 Å². The van der Waals surface area contributed by atoms with Gasteiger partial charge in [-0.25, -0.2) is 4.79 Å². The molecule has 0 aliphatic rings. The molecule has 2 amide bonds. The van der Waals surface area contributed by atoms with Crippen molar-refractivity contribution in [1.29, 1.82) is 0 Å². The average Bonchev–Trinajstić information content (AvgIpc) is 2.45. The minimum absolute atomic E-state index is 0.343. The van der Waals surface area contributed by atoms with E-state index in [1.54, 1.807) is 25.3 Å². The number of methoxy groups -OCH3 is 1. The van der Waals surface area contributed by atoms with E-state index < -0.39 is 5.54 Å². The van der Waals surface area contributed by atoms with E-state index in [2.05, 4.69) is 10.6 Å². The molecular formula is C17H18Cl2N2O2. The highest BCUT2D eigenvalue weighted by Crippen LogP contribution is 2.24. The van der Waals surface area contributed by atoms with Crippen molar-refractivity contribution in [1.82, 2.24) is 5.32 Å². The standard InChI is InChI=1S/C17H18Cl2N2O2/c1-17(2,11-4-6-15(23-3)7-5-11)21-16(22)20-14-9-12(18)8-13(19)10-14/h4-10H,1-3H3,(H2,20,21,22). The number of hydrogen-bond acceptors (Lipinski definition) is 2. The summed E-state index contributed by atoms with van der Waals surface area (Å²) >= 11 is 11.8. The molecule has 0 bridgehead atoms. The Kier molecular flexibility index (Phi) is 5.39. The topological polar surface area (TPSA) is 50.4 Å². The van der Waals surface area contributed by atoms with Crippen molar-refractivity contribution in [2.24, 2.45) is 0 Å². The number of nitrogens with one attached hydrogen (secondary N) is 2. The predicted molar refractivity (Wildman–Crippen MR) is 94.6 cm³/mol. The fourth-order valence-electron chi connectivity index (χ4n) is 2.15. The second-order valence-electron chi connectivity index (χ2n) is 5.59. The highest BCUT2D eigenvalue weighted by molar-refractivity contribution is 6.35. The smallest absolute Gasteiger partial charge is 0.319 e. The van der Waals surface area contributed by atoms with E-state index >= 15 is 0 Å². The zero-order valence-corrected chi connectivity index (χ0v) is 14.6. The first-order chi connectivity index (χ1) is 10.8. The van der Waals surface area contributed by atoms with Crippen molar-refractivity contribution in [2.45, 2.75) is 19.4 Å². The lowest BCUT2D eigenvalue weighted by Gasteiger charge is -2.27. The number of ether oxygens (including phenoxy) is 1. The SMILES string of the molecule is COc1ccc(C(C)(C)NC(=O)Nc2cc(Cl)cc(Cl)c2)cc1. The van der Waals surface area contributed by atoms with Gasteiger partial charge in [-0.3, -0.25) is 0 Å². The van der Waals surface area contributed by atoms with Gasteiger partial charge < -0.3 is 15.4 Å². The Labute approximate surface area is 145 Å². The van der Waals surface area contributed by atoms with Crippen LogP contribution in [0.3, 0.4) is 0 Å². The van der Waals surface area contributed by atoms with Gasteiger partial charge in [0.2, 0.25) is 0 Å². The first-order valence-corrected chi connectivity index (χ1v) is 7.75. The molecule has 0 unspecified atom stereocenters. The van der Waals surface area contributed by atoms with Crippen LogP contribution in [0.5, 0.6) is 5.75 Å². The van der Waals surface area contributed by atoms with Gasteiger partial charge in [0.25, 0.3) is 0 Å². The van der Waals surface area contributed by atoms with Gasteiger partial charge in [-0.1, -0.05) is 35.3 Å². The Morgan fingerprint density at radius 3 is 2.13 bits per heavy atom. The van der Waals surface area contributed by atoms with Crippen LogP contribution in [-0.4, -0.2) is 13.1 Å². The second-order valence-corrected chi connectivity index (χ2v) is 6.46. The van der Waals surface area contributed by atoms with Gasteiger partial charge in [-0.15, -0.1) is 0 Å². The molecule has 2 N–H and O–H groups in total. The number of rotatable bonds is 4. The summed E-state index contributed by atoms with van der Waals surface area (Å²) in [6, 6.07) is 12.1. The van der Waals surface area contributed by atoms with E-state index in [9.17, 15) is 4.79 Å². The normalized spacial score (nSPS) is 11.0. The van der Waals surface area contributed by atoms with Crippen LogP contribution in [-0.2, 0) is 5.54 Å². The quantitative estimate of drug-likeness (QED) is 0.807. The van der Waals surface area contributed by atoms with Gasteiger partial charge in [0.15, 0.2) is 0 Å². The maximum Gasteiger partial charge on any atom is 0.319 e. The minimum atomic E-state index is -0.557. The molecule has 2 aromatic rings. The van der Waals surface area contributed by atoms with Crippen LogP contribution < -0.4 is 15.4 Å². The van der Waals surface area contributed by atoms with E-state index in [1.165, 1.54) is 0 Å². The van der Waals surface area contributed by atoms with E-state index in [1.807, 2.05) is 38.1 Å².